The maximum absolute atomic E-state index is 12.0. The molecule has 4 unspecified atom stereocenters. The highest BCUT2D eigenvalue weighted by atomic mass is 32.1. The summed E-state index contributed by atoms with van der Waals surface area (Å²) in [6.07, 6.45) is 7.38. The maximum Gasteiger partial charge on any atom is 0.316 e. The number of thiophene rings is 1. The smallest absolute Gasteiger partial charge is 0.316 e. The molecule has 8 aromatic carbocycles. The first kappa shape index (κ1) is 102. The highest BCUT2D eigenvalue weighted by molar-refractivity contribution is 7.26. The van der Waals surface area contributed by atoms with Gasteiger partial charge in [0.15, 0.2) is 0 Å². The predicted octanol–water partition coefficient (Wildman–Crippen LogP) is 22.1. The zero-order chi connectivity index (χ0) is 81.2. The van der Waals surface area contributed by atoms with E-state index >= 15 is 0 Å². The first-order valence-electron chi connectivity index (χ1n) is 37.4. The third-order valence-electron chi connectivity index (χ3n) is 16.7. The number of anilines is 1. The summed E-state index contributed by atoms with van der Waals surface area (Å²) in [4.78, 5) is 58.0. The zero-order valence-corrected chi connectivity index (χ0v) is 69.6. The van der Waals surface area contributed by atoms with Gasteiger partial charge < -0.3 is 45.3 Å². The van der Waals surface area contributed by atoms with Crippen LogP contribution in [0.1, 0.15) is 203 Å². The van der Waals surface area contributed by atoms with Gasteiger partial charge >= 0.3 is 17.9 Å². The number of hydrogen-bond acceptors (Lipinski definition) is 13. The average Bonchev–Trinajstić information content (AvgIpc) is 1.62. The van der Waals surface area contributed by atoms with Crippen LogP contribution in [0.3, 0.4) is 0 Å². The highest BCUT2D eigenvalue weighted by Gasteiger charge is 2.28. The predicted molar refractivity (Wildman–Crippen MR) is 450 cm³/mol. The average molecular weight is 1480 g/mol. The summed E-state index contributed by atoms with van der Waals surface area (Å²) in [6, 6.07) is 64.3. The van der Waals surface area contributed by atoms with Crippen molar-refractivity contribution in [2.24, 2.45) is 28.6 Å². The van der Waals surface area contributed by atoms with Gasteiger partial charge in [-0.15, -0.1) is 11.3 Å². The van der Waals surface area contributed by atoms with Crippen molar-refractivity contribution in [1.82, 2.24) is 5.32 Å². The summed E-state index contributed by atoms with van der Waals surface area (Å²) in [5.74, 6) is 1.85. The molecular formula is C91H134N2O12S. The lowest BCUT2D eigenvalue weighted by Gasteiger charge is -2.20. The van der Waals surface area contributed by atoms with E-state index < -0.39 is 10.8 Å². The Bertz CT molecular complexity index is 3720. The Hall–Kier alpha value is -8.57. The van der Waals surface area contributed by atoms with Crippen LogP contribution in [0.25, 0.3) is 30.9 Å². The van der Waals surface area contributed by atoms with Crippen LogP contribution in [0.4, 0.5) is 5.69 Å². The van der Waals surface area contributed by atoms with E-state index in [-0.39, 0.29) is 47.5 Å². The number of carbonyl (C=O) groups excluding carboxylic acids is 5. The molecular weight excluding hydrogens is 1350 g/mol. The molecule has 0 spiro atoms. The minimum absolute atomic E-state index is 0.0146. The molecule has 9 rings (SSSR count). The van der Waals surface area contributed by atoms with Crippen LogP contribution in [0.5, 0.6) is 11.5 Å². The van der Waals surface area contributed by atoms with Gasteiger partial charge in [0.05, 0.1) is 23.4 Å². The molecule has 6 N–H and O–H groups in total. The number of hydrogen-bond donors (Lipinski definition) is 6. The second-order valence-electron chi connectivity index (χ2n) is 25.8. The number of rotatable bonds is 20. The quantitative estimate of drug-likeness (QED) is 0.0310. The normalized spacial score (nSPS) is 11.1. The zero-order valence-electron chi connectivity index (χ0n) is 68.8. The molecule has 0 saturated heterocycles. The Balaban J connectivity index is -0.00000117. The molecule has 15 heteroatoms. The second-order valence-corrected chi connectivity index (χ2v) is 26.9. The Morgan fingerprint density at radius 3 is 1.40 bits per heavy atom. The molecule has 586 valence electrons. The van der Waals surface area contributed by atoms with Gasteiger partial charge in [0.1, 0.15) is 11.5 Å². The maximum atomic E-state index is 12.0. The molecule has 0 aliphatic heterocycles. The Labute approximate surface area is 642 Å². The van der Waals surface area contributed by atoms with Gasteiger partial charge in [-0.25, -0.2) is 0 Å². The number of aryl methyl sites for hydroxylation is 2. The number of carbonyl (C=O) groups is 5. The second kappa shape index (κ2) is 60.5. The van der Waals surface area contributed by atoms with E-state index in [0.29, 0.717) is 30.6 Å². The lowest BCUT2D eigenvalue weighted by Crippen LogP contribution is -2.28. The van der Waals surface area contributed by atoms with Crippen molar-refractivity contribution >= 4 is 77.7 Å². The van der Waals surface area contributed by atoms with Crippen LogP contribution in [-0.4, -0.2) is 85.2 Å². The molecule has 0 saturated carbocycles. The van der Waals surface area contributed by atoms with Crippen molar-refractivity contribution < 1.29 is 58.6 Å². The van der Waals surface area contributed by atoms with E-state index in [2.05, 4.69) is 113 Å². The summed E-state index contributed by atoms with van der Waals surface area (Å²) in [6.45, 7) is 41.4. The van der Waals surface area contributed by atoms with Gasteiger partial charge in [0.25, 0.3) is 0 Å². The van der Waals surface area contributed by atoms with Gasteiger partial charge in [-0.2, -0.15) is 0 Å². The Morgan fingerprint density at radius 1 is 0.453 bits per heavy atom. The van der Waals surface area contributed by atoms with E-state index in [9.17, 15) is 24.0 Å². The number of aliphatic hydroxyl groups excluding tert-OH is 4. The number of nitrogens with one attached hydrogen (secondary N) is 2. The van der Waals surface area contributed by atoms with Gasteiger partial charge in [-0.1, -0.05) is 266 Å². The summed E-state index contributed by atoms with van der Waals surface area (Å²) in [5.41, 5.74) is 6.39. The number of ether oxygens (including phenoxy) is 3. The van der Waals surface area contributed by atoms with E-state index in [0.717, 1.165) is 83.4 Å². The Kier molecular flexibility index (Phi) is 58.0. The first-order valence-corrected chi connectivity index (χ1v) is 38.2. The topological polar surface area (TPSA) is 218 Å². The third-order valence-corrected chi connectivity index (χ3v) is 18.0. The number of para-hydroxylation sites is 2. The van der Waals surface area contributed by atoms with Crippen molar-refractivity contribution in [3.63, 3.8) is 0 Å². The van der Waals surface area contributed by atoms with Crippen LogP contribution >= 0.6 is 11.3 Å². The summed E-state index contributed by atoms with van der Waals surface area (Å²) in [5, 5.41) is 38.9. The molecule has 4 atom stereocenters. The molecule has 2 amide bonds. The van der Waals surface area contributed by atoms with E-state index in [1.165, 1.54) is 60.8 Å². The fraction of sp³-hybridized carbons (Fsp3) is 0.440. The van der Waals surface area contributed by atoms with Crippen LogP contribution < -0.4 is 20.1 Å². The molecule has 1 heterocycles. The van der Waals surface area contributed by atoms with Gasteiger partial charge in [-0.05, 0) is 156 Å². The van der Waals surface area contributed by atoms with Crippen molar-refractivity contribution in [3.8, 4) is 11.5 Å². The van der Waals surface area contributed by atoms with Gasteiger partial charge in [0, 0.05) is 79.1 Å². The summed E-state index contributed by atoms with van der Waals surface area (Å²) < 4.78 is 18.7. The SMILES string of the molecule is CC.CCC.CCC(C)(C)C(=O)Oc1ccc2ccccc2c1.CCC(C)(C)C(=O)Oc1ccccc1.CCC(C)C(=O)NCc1cc(C)cc(C)c1.CCC(C)C(=O)Nc1ccccc1.CCC(C)C(=O)OCCc1ccccc1.CCC(C)c1cccc2c1sc1ccccc12.CO.CO.CO.CO. The monoisotopic (exact) mass is 1480 g/mol. The third kappa shape index (κ3) is 40.2. The van der Waals surface area contributed by atoms with Crippen LogP contribution in [0.15, 0.2) is 194 Å². The molecule has 9 aromatic rings. The highest BCUT2D eigenvalue weighted by Crippen LogP contribution is 2.39. The molecule has 0 aliphatic rings. The molecule has 0 bridgehead atoms. The van der Waals surface area contributed by atoms with Crippen LogP contribution in [0.2, 0.25) is 0 Å². The standard InChI is InChI=1S/C16H18O2.C16H16S.C14H21NO.C13H18O2.C12H16O2.C11H15NO.C3H8.C2H6.4CH4O/c1-4-16(2,3)15(17)18-14-10-9-12-7-5-6-8-13(12)11-14;1-3-11(2)12-8-6-9-14-13-7-4-5-10-15(13)17-16(12)14;1-5-12(4)14(16)15-9-13-7-10(2)6-11(3)8-13;1-3-11(2)13(14)15-10-9-12-7-5-4-6-8-12;1-4-12(2,3)11(13)14-10-8-6-5-7-9-10;1-3-9(2)11(13)12-10-7-5-4-6-8-10;1-3-2;5*1-2/h5-11H,4H2,1-3H3;4-11H,3H2,1-2H3;6-8,12H,5,9H2,1-4H3,(H,15,16);4-8,11H,3,9-10H2,1-2H3;5-9H,4H2,1-3H3;4-9H,3H2,1-2H3,(H,12,13);3H2,1-2H3;1-2H3;4*2H,1H3. The van der Waals surface area contributed by atoms with Crippen LogP contribution in [0, 0.1) is 42.4 Å². The Morgan fingerprint density at radius 2 is 0.896 bits per heavy atom. The number of amides is 2. The summed E-state index contributed by atoms with van der Waals surface area (Å²) >= 11 is 1.93. The van der Waals surface area contributed by atoms with Crippen LogP contribution in [-0.2, 0) is 41.7 Å². The number of fused-ring (bicyclic) bond motifs is 4. The van der Waals surface area contributed by atoms with Crippen molar-refractivity contribution in [3.05, 3.63) is 222 Å². The van der Waals surface area contributed by atoms with E-state index in [1.807, 2.05) is 230 Å². The number of aliphatic hydroxyl groups is 4. The largest absolute Gasteiger partial charge is 0.465 e. The molecule has 0 radical (unpaired) electrons. The summed E-state index contributed by atoms with van der Waals surface area (Å²) in [7, 11) is 4.00. The van der Waals surface area contributed by atoms with Crippen molar-refractivity contribution in [2.45, 2.75) is 202 Å². The molecule has 1 aromatic heterocycles. The van der Waals surface area contributed by atoms with Crippen molar-refractivity contribution in [1.29, 1.82) is 0 Å². The molecule has 0 fully saturated rings. The molecule has 106 heavy (non-hydrogen) atoms. The number of esters is 3. The fourth-order valence-corrected chi connectivity index (χ4v) is 10.1. The minimum Gasteiger partial charge on any atom is -0.465 e. The lowest BCUT2D eigenvalue weighted by molar-refractivity contribution is -0.148. The van der Waals surface area contributed by atoms with E-state index in [1.54, 1.807) is 12.1 Å². The van der Waals surface area contributed by atoms with Crippen molar-refractivity contribution in [2.75, 3.05) is 40.4 Å². The lowest BCUT2D eigenvalue weighted by atomic mass is 9.91. The van der Waals surface area contributed by atoms with E-state index in [4.69, 9.17) is 34.6 Å². The first-order chi connectivity index (χ1) is 50.8. The van der Waals surface area contributed by atoms with Gasteiger partial charge in [-0.3, -0.25) is 24.0 Å². The molecule has 0 aliphatic carbocycles. The molecule has 14 nitrogen and oxygen atoms in total. The number of benzene rings is 8. The minimum atomic E-state index is -0.439. The fourth-order valence-electron chi connectivity index (χ4n) is 8.79. The van der Waals surface area contributed by atoms with Gasteiger partial charge in [0.2, 0.25) is 11.8 Å².